The van der Waals surface area contributed by atoms with Crippen LogP contribution in [0.15, 0.2) is 17.1 Å². The number of aromatic nitrogens is 2. The molecule has 10 heteroatoms. The first-order valence-electron chi connectivity index (χ1n) is 5.89. The second-order valence-corrected chi connectivity index (χ2v) is 5.73. The maximum Gasteiger partial charge on any atom is 0.353 e. The fourth-order valence-corrected chi connectivity index (χ4v) is 2.28. The molecule has 1 heterocycles. The monoisotopic (exact) mass is 307 g/mol. The minimum Gasteiger partial charge on any atom is -0.394 e. The van der Waals surface area contributed by atoms with E-state index in [1.165, 1.54) is 16.8 Å². The summed E-state index contributed by atoms with van der Waals surface area (Å²) in [7, 11) is -3.84. The molecule has 1 unspecified atom stereocenters. The van der Waals surface area contributed by atoms with E-state index < -0.39 is 32.3 Å². The molecule has 0 aliphatic rings. The van der Waals surface area contributed by atoms with E-state index in [1.54, 1.807) is 6.92 Å². The predicted molar refractivity (Wildman–Crippen MR) is 71.2 cm³/mol. The average molecular weight is 307 g/mol. The molecular weight excluding hydrogens is 289 g/mol. The highest BCUT2D eigenvalue weighted by atomic mass is 31.2. The normalized spacial score (nSPS) is 15.8. The van der Waals surface area contributed by atoms with Crippen molar-refractivity contribution in [2.75, 3.05) is 25.3 Å². The van der Waals surface area contributed by atoms with E-state index in [-0.39, 0.29) is 19.0 Å². The average Bonchev–Trinajstić information content (AvgIpc) is 2.36. The van der Waals surface area contributed by atoms with Crippen LogP contribution in [0.1, 0.15) is 6.92 Å². The number of nitrogens with zero attached hydrogens (tertiary/aromatic N) is 2. The van der Waals surface area contributed by atoms with Gasteiger partial charge in [0, 0.05) is 6.20 Å². The summed E-state index contributed by atoms with van der Waals surface area (Å²) in [6, 6.07) is 1.42. The molecule has 0 saturated carbocycles. The lowest BCUT2D eigenvalue weighted by molar-refractivity contribution is 0.0170. The van der Waals surface area contributed by atoms with Gasteiger partial charge in [-0.3, -0.25) is 9.13 Å². The number of aliphatic hydroxyl groups excluding tert-OH is 1. The van der Waals surface area contributed by atoms with Crippen molar-refractivity contribution in [3.05, 3.63) is 22.7 Å². The van der Waals surface area contributed by atoms with Crippen LogP contribution in [-0.4, -0.2) is 45.2 Å². The molecule has 0 amide bonds. The number of hydrogen-bond donors (Lipinski definition) is 3. The number of aliphatic hydroxyl groups is 1. The summed E-state index contributed by atoms with van der Waals surface area (Å²) in [5.41, 5.74) is 4.75. The summed E-state index contributed by atoms with van der Waals surface area (Å²) in [4.78, 5) is 24.4. The van der Waals surface area contributed by atoms with Gasteiger partial charge in [-0.2, -0.15) is 4.98 Å². The Hall–Kier alpha value is -1.25. The third-order valence-corrected chi connectivity index (χ3v) is 3.44. The molecule has 20 heavy (non-hydrogen) atoms. The van der Waals surface area contributed by atoms with E-state index in [9.17, 15) is 14.3 Å². The summed E-state index contributed by atoms with van der Waals surface area (Å²) in [5, 5.41) is 9.16. The van der Waals surface area contributed by atoms with Gasteiger partial charge in [-0.05, 0) is 13.0 Å². The Morgan fingerprint density at radius 2 is 2.30 bits per heavy atom. The number of anilines is 1. The van der Waals surface area contributed by atoms with Crippen LogP contribution in [0.3, 0.4) is 0 Å². The van der Waals surface area contributed by atoms with Crippen LogP contribution in [0.5, 0.6) is 0 Å². The van der Waals surface area contributed by atoms with Crippen molar-refractivity contribution < 1.29 is 23.8 Å². The first kappa shape index (κ1) is 16.8. The van der Waals surface area contributed by atoms with Gasteiger partial charge >= 0.3 is 13.3 Å². The molecule has 9 nitrogen and oxygen atoms in total. The Labute approximate surface area is 115 Å². The standard InChI is InChI=1S/C10H18N3O6P/c1-2-19-20(16,17)7-18-8(6-14)5-13-4-3-9(11)12-10(13)15/h3-4,8,14H,2,5-7H2,1H3,(H,16,17)(H2,11,12,15)/t8-/m0/s1. The molecule has 0 radical (unpaired) electrons. The third kappa shape index (κ3) is 5.40. The smallest absolute Gasteiger partial charge is 0.353 e. The molecule has 1 rings (SSSR count). The molecule has 1 aromatic rings. The minimum absolute atomic E-state index is 0.0191. The zero-order chi connectivity index (χ0) is 15.2. The van der Waals surface area contributed by atoms with Crippen molar-refractivity contribution in [2.45, 2.75) is 19.6 Å². The molecule has 1 aromatic heterocycles. The van der Waals surface area contributed by atoms with Crippen molar-refractivity contribution in [2.24, 2.45) is 0 Å². The van der Waals surface area contributed by atoms with Gasteiger partial charge in [-0.1, -0.05) is 0 Å². The number of ether oxygens (including phenoxy) is 1. The number of nitrogens with two attached hydrogens (primary N) is 1. The molecular formula is C10H18N3O6P. The molecule has 0 aromatic carbocycles. The second-order valence-electron chi connectivity index (χ2n) is 3.94. The Balaban J connectivity index is 2.64. The quantitative estimate of drug-likeness (QED) is 0.540. The van der Waals surface area contributed by atoms with Gasteiger partial charge in [0.05, 0.1) is 25.9 Å². The van der Waals surface area contributed by atoms with Crippen LogP contribution in [0.25, 0.3) is 0 Å². The molecule has 4 N–H and O–H groups in total. The fraction of sp³-hybridized carbons (Fsp3) is 0.600. The molecule has 0 aliphatic heterocycles. The van der Waals surface area contributed by atoms with Crippen molar-refractivity contribution in [1.82, 2.24) is 9.55 Å². The van der Waals surface area contributed by atoms with E-state index in [0.717, 1.165) is 0 Å². The van der Waals surface area contributed by atoms with Crippen LogP contribution in [0.2, 0.25) is 0 Å². The van der Waals surface area contributed by atoms with E-state index >= 15 is 0 Å². The van der Waals surface area contributed by atoms with Gasteiger partial charge in [0.15, 0.2) is 0 Å². The molecule has 2 atom stereocenters. The molecule has 0 bridgehead atoms. The Morgan fingerprint density at radius 1 is 1.60 bits per heavy atom. The maximum absolute atomic E-state index is 11.5. The molecule has 0 fully saturated rings. The van der Waals surface area contributed by atoms with E-state index in [2.05, 4.69) is 9.51 Å². The molecule has 0 spiro atoms. The van der Waals surface area contributed by atoms with Crippen molar-refractivity contribution in [3.63, 3.8) is 0 Å². The molecule has 114 valence electrons. The SMILES string of the molecule is CCOP(=O)(O)CO[C@H](CO)Cn1ccc(N)nc1=O. The van der Waals surface area contributed by atoms with Crippen molar-refractivity contribution >= 4 is 13.4 Å². The van der Waals surface area contributed by atoms with Gasteiger partial charge in [-0.15, -0.1) is 0 Å². The van der Waals surface area contributed by atoms with Crippen molar-refractivity contribution in [1.29, 1.82) is 0 Å². The second kappa shape index (κ2) is 7.51. The van der Waals surface area contributed by atoms with Crippen LogP contribution in [0, 0.1) is 0 Å². The lowest BCUT2D eigenvalue weighted by Gasteiger charge is -2.18. The Kier molecular flexibility index (Phi) is 6.31. The fourth-order valence-electron chi connectivity index (χ4n) is 1.40. The van der Waals surface area contributed by atoms with Gasteiger partial charge in [0.25, 0.3) is 0 Å². The van der Waals surface area contributed by atoms with Gasteiger partial charge in [0.2, 0.25) is 0 Å². The van der Waals surface area contributed by atoms with E-state index in [4.69, 9.17) is 15.6 Å². The highest BCUT2D eigenvalue weighted by molar-refractivity contribution is 7.52. The Bertz CT molecular complexity index is 534. The van der Waals surface area contributed by atoms with Crippen LogP contribution >= 0.6 is 7.60 Å². The summed E-state index contributed by atoms with van der Waals surface area (Å²) >= 11 is 0. The zero-order valence-corrected chi connectivity index (χ0v) is 11.9. The van der Waals surface area contributed by atoms with E-state index in [1.807, 2.05) is 0 Å². The van der Waals surface area contributed by atoms with Crippen LogP contribution in [-0.2, 0) is 20.4 Å². The highest BCUT2D eigenvalue weighted by Crippen LogP contribution is 2.41. The van der Waals surface area contributed by atoms with Gasteiger partial charge < -0.3 is 25.0 Å². The van der Waals surface area contributed by atoms with Crippen molar-refractivity contribution in [3.8, 4) is 0 Å². The van der Waals surface area contributed by atoms with Gasteiger partial charge in [0.1, 0.15) is 12.2 Å². The number of hydrogen-bond acceptors (Lipinski definition) is 7. The Morgan fingerprint density at radius 3 is 2.85 bits per heavy atom. The van der Waals surface area contributed by atoms with Crippen LogP contribution in [0.4, 0.5) is 5.82 Å². The zero-order valence-electron chi connectivity index (χ0n) is 11.0. The molecule has 0 aliphatic carbocycles. The number of rotatable bonds is 8. The summed E-state index contributed by atoms with van der Waals surface area (Å²) in [6.07, 6.45) is 0.000101. The maximum atomic E-state index is 11.5. The summed E-state index contributed by atoms with van der Waals surface area (Å²) in [5.74, 6) is 0.0870. The topological polar surface area (TPSA) is 137 Å². The molecule has 0 saturated heterocycles. The predicted octanol–water partition coefficient (Wildman–Crippen LogP) is -0.618. The highest BCUT2D eigenvalue weighted by Gasteiger charge is 2.22. The third-order valence-electron chi connectivity index (χ3n) is 2.30. The lowest BCUT2D eigenvalue weighted by atomic mass is 10.3. The summed E-state index contributed by atoms with van der Waals surface area (Å²) < 4.78 is 22.3. The minimum atomic E-state index is -3.84. The first-order chi connectivity index (χ1) is 9.38. The van der Waals surface area contributed by atoms with E-state index in [0.29, 0.717) is 0 Å². The lowest BCUT2D eigenvalue weighted by Crippen LogP contribution is -2.32. The van der Waals surface area contributed by atoms with Crippen LogP contribution < -0.4 is 11.4 Å². The first-order valence-corrected chi connectivity index (χ1v) is 7.66. The largest absolute Gasteiger partial charge is 0.394 e. The summed E-state index contributed by atoms with van der Waals surface area (Å²) in [6.45, 7) is 1.20. The number of nitrogen functional groups attached to an aromatic ring is 1. The van der Waals surface area contributed by atoms with Gasteiger partial charge in [-0.25, -0.2) is 4.79 Å².